The molecule has 0 spiro atoms. The molecule has 180 valence electrons. The molecule has 0 radical (unpaired) electrons. The Labute approximate surface area is 205 Å². The molecule has 2 aromatic rings. The normalized spacial score (nSPS) is 14.6. The maximum Gasteiger partial charge on any atom is 0.293 e. The molecular formula is C27H31NO5S. The van der Waals surface area contributed by atoms with Crippen LogP contribution in [0.4, 0.5) is 4.79 Å². The summed E-state index contributed by atoms with van der Waals surface area (Å²) in [4.78, 5) is 27.1. The number of rotatable bonds is 11. The van der Waals surface area contributed by atoms with Crippen LogP contribution in [0.3, 0.4) is 0 Å². The van der Waals surface area contributed by atoms with Crippen molar-refractivity contribution in [2.24, 2.45) is 0 Å². The third-order valence-electron chi connectivity index (χ3n) is 5.19. The average molecular weight is 482 g/mol. The summed E-state index contributed by atoms with van der Waals surface area (Å²) in [6, 6.07) is 9.72. The molecule has 34 heavy (non-hydrogen) atoms. The van der Waals surface area contributed by atoms with Gasteiger partial charge in [0.15, 0.2) is 11.5 Å². The monoisotopic (exact) mass is 481 g/mol. The molecule has 1 fully saturated rings. The smallest absolute Gasteiger partial charge is 0.293 e. The van der Waals surface area contributed by atoms with Gasteiger partial charge in [0.05, 0.1) is 24.7 Å². The highest BCUT2D eigenvalue weighted by atomic mass is 32.2. The van der Waals surface area contributed by atoms with Crippen molar-refractivity contribution in [3.8, 4) is 17.2 Å². The van der Waals surface area contributed by atoms with E-state index < -0.39 is 0 Å². The van der Waals surface area contributed by atoms with Crippen LogP contribution in [0.5, 0.6) is 17.2 Å². The molecule has 1 aliphatic rings. The molecule has 0 N–H and O–H groups in total. The number of ether oxygens (including phenoxy) is 3. The highest BCUT2D eigenvalue weighted by Crippen LogP contribution is 2.37. The lowest BCUT2D eigenvalue weighted by Gasteiger charge is -2.16. The molecule has 2 amide bonds. The molecule has 0 bridgehead atoms. The fourth-order valence-electron chi connectivity index (χ4n) is 3.60. The molecule has 1 heterocycles. The van der Waals surface area contributed by atoms with Crippen LogP contribution in [0.1, 0.15) is 36.1 Å². The Morgan fingerprint density at radius 3 is 2.47 bits per heavy atom. The van der Waals surface area contributed by atoms with Crippen molar-refractivity contribution in [3.05, 3.63) is 70.1 Å². The lowest BCUT2D eigenvalue weighted by atomic mass is 10.0. The highest BCUT2D eigenvalue weighted by Gasteiger charge is 2.35. The number of allylic oxidation sites excluding steroid dienone is 1. The van der Waals surface area contributed by atoms with E-state index in [4.69, 9.17) is 14.2 Å². The molecule has 1 aliphatic heterocycles. The maximum atomic E-state index is 13.0. The third-order valence-corrected chi connectivity index (χ3v) is 6.10. The summed E-state index contributed by atoms with van der Waals surface area (Å²) in [5, 5.41) is -0.303. The summed E-state index contributed by atoms with van der Waals surface area (Å²) in [5.41, 5.74) is 3.78. The molecule has 0 unspecified atom stereocenters. The molecular weight excluding hydrogens is 450 g/mol. The number of thioether (sulfide) groups is 1. The Morgan fingerprint density at radius 1 is 1.00 bits per heavy atom. The van der Waals surface area contributed by atoms with Gasteiger partial charge in [0.1, 0.15) is 12.4 Å². The van der Waals surface area contributed by atoms with Crippen molar-refractivity contribution < 1.29 is 23.8 Å². The molecule has 0 aromatic heterocycles. The summed E-state index contributed by atoms with van der Waals surface area (Å²) in [7, 11) is 0. The van der Waals surface area contributed by atoms with Gasteiger partial charge in [-0.1, -0.05) is 18.2 Å². The number of aryl methyl sites for hydroxylation is 2. The summed E-state index contributed by atoms with van der Waals surface area (Å²) in [6.45, 7) is 13.0. The van der Waals surface area contributed by atoms with E-state index in [1.54, 1.807) is 12.2 Å². The third kappa shape index (κ3) is 6.03. The van der Waals surface area contributed by atoms with Gasteiger partial charge in [0.2, 0.25) is 0 Å². The van der Waals surface area contributed by atoms with Crippen LogP contribution in [0.15, 0.2) is 47.9 Å². The van der Waals surface area contributed by atoms with Crippen LogP contribution in [-0.2, 0) is 11.2 Å². The molecule has 0 aliphatic carbocycles. The predicted molar refractivity (Wildman–Crippen MR) is 137 cm³/mol. The second-order valence-corrected chi connectivity index (χ2v) is 8.81. The Balaban J connectivity index is 1.78. The van der Waals surface area contributed by atoms with Gasteiger partial charge in [-0.05, 0) is 86.8 Å². The van der Waals surface area contributed by atoms with E-state index in [1.165, 1.54) is 4.90 Å². The van der Waals surface area contributed by atoms with Crippen LogP contribution in [0.2, 0.25) is 0 Å². The minimum Gasteiger partial charge on any atom is -0.491 e. The first-order valence-corrected chi connectivity index (χ1v) is 12.2. The fourth-order valence-corrected chi connectivity index (χ4v) is 4.46. The van der Waals surface area contributed by atoms with Crippen LogP contribution in [0.25, 0.3) is 6.08 Å². The number of carbonyl (C=O) groups excluding carboxylic acids is 2. The van der Waals surface area contributed by atoms with E-state index in [0.29, 0.717) is 36.0 Å². The first kappa shape index (κ1) is 25.4. The Hall–Kier alpha value is -3.19. The molecule has 2 aromatic carbocycles. The van der Waals surface area contributed by atoms with Crippen LogP contribution in [0, 0.1) is 13.8 Å². The number of nitrogens with zero attached hydrogens (tertiary/aromatic N) is 1. The summed E-state index contributed by atoms with van der Waals surface area (Å²) >= 11 is 0.932. The minimum absolute atomic E-state index is 0.185. The molecule has 1 saturated heterocycles. The first-order valence-electron chi connectivity index (χ1n) is 11.4. The van der Waals surface area contributed by atoms with Crippen molar-refractivity contribution >= 4 is 29.0 Å². The number of hydrogen-bond acceptors (Lipinski definition) is 6. The quantitative estimate of drug-likeness (QED) is 0.292. The number of benzene rings is 2. The summed E-state index contributed by atoms with van der Waals surface area (Å²) in [6.07, 6.45) is 4.11. The van der Waals surface area contributed by atoms with Gasteiger partial charge in [-0.2, -0.15) is 0 Å². The van der Waals surface area contributed by atoms with E-state index >= 15 is 0 Å². The number of hydrogen-bond donors (Lipinski definition) is 0. The van der Waals surface area contributed by atoms with Gasteiger partial charge < -0.3 is 14.2 Å². The van der Waals surface area contributed by atoms with Crippen LogP contribution >= 0.6 is 11.8 Å². The zero-order valence-electron chi connectivity index (χ0n) is 20.2. The van der Waals surface area contributed by atoms with Crippen LogP contribution in [-0.4, -0.2) is 42.4 Å². The van der Waals surface area contributed by atoms with Crippen molar-refractivity contribution in [2.75, 3.05) is 26.4 Å². The minimum atomic E-state index is -0.323. The largest absolute Gasteiger partial charge is 0.491 e. The van der Waals surface area contributed by atoms with E-state index in [0.717, 1.165) is 39.8 Å². The van der Waals surface area contributed by atoms with Gasteiger partial charge >= 0.3 is 0 Å². The second-order valence-electron chi connectivity index (χ2n) is 7.82. The lowest BCUT2D eigenvalue weighted by molar-refractivity contribution is -0.123. The predicted octanol–water partition coefficient (Wildman–Crippen LogP) is 5.94. The molecule has 3 rings (SSSR count). The highest BCUT2D eigenvalue weighted by molar-refractivity contribution is 8.18. The molecule has 0 atom stereocenters. The SMILES string of the molecule is C=CCc1cc(/C=C2\SC(=O)N(CCOc3cc(C)ccc3C)C2=O)cc(OCC)c1OCC. The standard InChI is InChI=1S/C27H31NO5S/c1-6-9-21-15-20(16-23(31-7-2)25(21)32-8-3)17-24-26(29)28(27(30)34-24)12-13-33-22-14-18(4)10-11-19(22)5/h6,10-11,14-17H,1,7-9,12-13H2,2-5H3/b24-17-. The van der Waals surface area contributed by atoms with Crippen molar-refractivity contribution in [1.29, 1.82) is 0 Å². The van der Waals surface area contributed by atoms with Gasteiger partial charge in [-0.3, -0.25) is 14.5 Å². The van der Waals surface area contributed by atoms with E-state index in [2.05, 4.69) is 6.58 Å². The molecule has 6 nitrogen and oxygen atoms in total. The van der Waals surface area contributed by atoms with Gasteiger partial charge in [0, 0.05) is 5.56 Å². The van der Waals surface area contributed by atoms with Crippen molar-refractivity contribution in [3.63, 3.8) is 0 Å². The number of imide groups is 1. The Kier molecular flexibility index (Phi) is 8.82. The van der Waals surface area contributed by atoms with Crippen LogP contribution < -0.4 is 14.2 Å². The summed E-state index contributed by atoms with van der Waals surface area (Å²) < 4.78 is 17.4. The topological polar surface area (TPSA) is 65.1 Å². The van der Waals surface area contributed by atoms with Gasteiger partial charge in [-0.15, -0.1) is 6.58 Å². The molecule has 0 saturated carbocycles. The van der Waals surface area contributed by atoms with Gasteiger partial charge in [0.25, 0.3) is 11.1 Å². The molecule has 7 heteroatoms. The lowest BCUT2D eigenvalue weighted by Crippen LogP contribution is -2.32. The van der Waals surface area contributed by atoms with E-state index in [9.17, 15) is 9.59 Å². The summed E-state index contributed by atoms with van der Waals surface area (Å²) in [5.74, 6) is 1.72. The van der Waals surface area contributed by atoms with E-state index in [1.807, 2.05) is 58.0 Å². The average Bonchev–Trinajstić information content (AvgIpc) is 3.06. The number of carbonyl (C=O) groups is 2. The Morgan fingerprint density at radius 2 is 1.76 bits per heavy atom. The Bertz CT molecular complexity index is 1110. The second kappa shape index (κ2) is 11.8. The van der Waals surface area contributed by atoms with Crippen molar-refractivity contribution in [1.82, 2.24) is 4.90 Å². The zero-order chi connectivity index (χ0) is 24.7. The van der Waals surface area contributed by atoms with E-state index in [-0.39, 0.29) is 24.3 Å². The maximum absolute atomic E-state index is 13.0. The van der Waals surface area contributed by atoms with Crippen molar-refractivity contribution in [2.45, 2.75) is 34.1 Å². The van der Waals surface area contributed by atoms with Gasteiger partial charge in [-0.25, -0.2) is 0 Å². The fraction of sp³-hybridized carbons (Fsp3) is 0.333. The first-order chi connectivity index (χ1) is 16.4. The number of amides is 2. The zero-order valence-corrected chi connectivity index (χ0v) is 21.0.